The third-order valence-electron chi connectivity index (χ3n) is 5.73. The third-order valence-corrected chi connectivity index (χ3v) is 8.90. The lowest BCUT2D eigenvalue weighted by Crippen LogP contribution is -2.33. The molecule has 2 N–H and O–H groups in total. The van der Waals surface area contributed by atoms with Crippen LogP contribution in [0.3, 0.4) is 0 Å². The van der Waals surface area contributed by atoms with E-state index in [0.717, 1.165) is 36.3 Å². The van der Waals surface area contributed by atoms with Crippen LogP contribution in [0.5, 0.6) is 5.75 Å². The van der Waals surface area contributed by atoms with E-state index in [4.69, 9.17) is 4.74 Å². The zero-order chi connectivity index (χ0) is 23.4. The van der Waals surface area contributed by atoms with Crippen molar-refractivity contribution >= 4 is 45.0 Å². The van der Waals surface area contributed by atoms with Crippen LogP contribution in [0.4, 0.5) is 11.4 Å². The Morgan fingerprint density at radius 1 is 1.15 bits per heavy atom. The van der Waals surface area contributed by atoms with Gasteiger partial charge in [-0.15, -0.1) is 11.8 Å². The molecule has 10 heteroatoms. The second-order valence-corrected chi connectivity index (χ2v) is 11.2. The van der Waals surface area contributed by atoms with Gasteiger partial charge in [-0.25, -0.2) is 8.42 Å². The maximum Gasteiger partial charge on any atom is 0.243 e. The Kier molecular flexibility index (Phi) is 7.26. The van der Waals surface area contributed by atoms with Gasteiger partial charge in [-0.2, -0.15) is 4.31 Å². The number of amides is 2. The first-order valence-electron chi connectivity index (χ1n) is 10.9. The molecule has 2 amide bonds. The molecule has 1 fully saturated rings. The van der Waals surface area contributed by atoms with Gasteiger partial charge < -0.3 is 15.4 Å². The normalized spacial score (nSPS) is 19.2. The number of rotatable bonds is 6. The van der Waals surface area contributed by atoms with E-state index in [2.05, 4.69) is 10.6 Å². The fraction of sp³-hybridized carbons (Fsp3) is 0.391. The Morgan fingerprint density at radius 2 is 1.88 bits per heavy atom. The van der Waals surface area contributed by atoms with E-state index in [1.54, 1.807) is 6.07 Å². The molecule has 2 aromatic carbocycles. The number of nitrogens with zero attached hydrogens (tertiary/aromatic N) is 1. The highest BCUT2D eigenvalue weighted by Gasteiger charge is 2.30. The molecule has 1 unspecified atom stereocenters. The third kappa shape index (κ3) is 5.34. The number of carbonyl (C=O) groups is 2. The molecule has 8 nitrogen and oxygen atoms in total. The number of hydrogen-bond donors (Lipinski definition) is 2. The van der Waals surface area contributed by atoms with Crippen molar-refractivity contribution in [1.82, 2.24) is 4.31 Å². The molecule has 0 spiro atoms. The smallest absolute Gasteiger partial charge is 0.243 e. The van der Waals surface area contributed by atoms with Crippen LogP contribution in [-0.4, -0.2) is 50.0 Å². The number of fused-ring (bicyclic) bond motifs is 1. The summed E-state index contributed by atoms with van der Waals surface area (Å²) >= 11 is 1.34. The van der Waals surface area contributed by atoms with Crippen molar-refractivity contribution in [2.75, 3.05) is 30.8 Å². The number of methoxy groups -OCH3 is 1. The van der Waals surface area contributed by atoms with E-state index in [-0.39, 0.29) is 22.9 Å². The molecule has 0 radical (unpaired) electrons. The van der Waals surface area contributed by atoms with Crippen molar-refractivity contribution in [3.63, 3.8) is 0 Å². The number of sulfonamides is 1. The first kappa shape index (κ1) is 23.6. The number of ether oxygens (including phenoxy) is 1. The fourth-order valence-electron chi connectivity index (χ4n) is 3.97. The lowest BCUT2D eigenvalue weighted by Gasteiger charge is -2.24. The molecule has 2 aliphatic rings. The molecule has 0 bridgehead atoms. The number of thioether (sulfide) groups is 1. The Balaban J connectivity index is 1.50. The van der Waals surface area contributed by atoms with Gasteiger partial charge >= 0.3 is 0 Å². The zero-order valence-corrected chi connectivity index (χ0v) is 20.0. The van der Waals surface area contributed by atoms with E-state index in [1.807, 2.05) is 24.3 Å². The minimum atomic E-state index is -3.68. The van der Waals surface area contributed by atoms with Gasteiger partial charge in [0, 0.05) is 24.4 Å². The van der Waals surface area contributed by atoms with Crippen LogP contribution in [0.1, 0.15) is 32.1 Å². The van der Waals surface area contributed by atoms with Gasteiger partial charge in [-0.3, -0.25) is 9.59 Å². The Morgan fingerprint density at radius 3 is 2.61 bits per heavy atom. The highest BCUT2D eigenvalue weighted by molar-refractivity contribution is 8.01. The summed E-state index contributed by atoms with van der Waals surface area (Å²) in [5.41, 5.74) is 0.997. The van der Waals surface area contributed by atoms with E-state index in [9.17, 15) is 18.0 Å². The summed E-state index contributed by atoms with van der Waals surface area (Å²) < 4.78 is 33.2. The highest BCUT2D eigenvalue weighted by Crippen LogP contribution is 2.37. The summed E-state index contributed by atoms with van der Waals surface area (Å²) in [6.07, 6.45) is 3.66. The maximum absolute atomic E-state index is 13.2. The molecular formula is C23H27N3O5S2. The molecule has 33 heavy (non-hydrogen) atoms. The van der Waals surface area contributed by atoms with Crippen LogP contribution in [0, 0.1) is 0 Å². The van der Waals surface area contributed by atoms with Gasteiger partial charge in [0.15, 0.2) is 0 Å². The lowest BCUT2D eigenvalue weighted by atomic mass is 10.2. The quantitative estimate of drug-likeness (QED) is 0.641. The highest BCUT2D eigenvalue weighted by atomic mass is 32.2. The second kappa shape index (κ2) is 10.1. The van der Waals surface area contributed by atoms with Crippen LogP contribution in [0.25, 0.3) is 0 Å². The minimum absolute atomic E-state index is 0.0584. The van der Waals surface area contributed by atoms with E-state index >= 15 is 0 Å². The predicted molar refractivity (Wildman–Crippen MR) is 128 cm³/mol. The molecule has 0 aromatic heterocycles. The summed E-state index contributed by atoms with van der Waals surface area (Å²) in [6.45, 7) is 0.983. The molecule has 1 saturated heterocycles. The topological polar surface area (TPSA) is 105 Å². The molecule has 176 valence electrons. The largest absolute Gasteiger partial charge is 0.495 e. The summed E-state index contributed by atoms with van der Waals surface area (Å²) in [6, 6.07) is 11.9. The molecule has 2 heterocycles. The monoisotopic (exact) mass is 489 g/mol. The van der Waals surface area contributed by atoms with Gasteiger partial charge in [0.25, 0.3) is 0 Å². The van der Waals surface area contributed by atoms with Gasteiger partial charge in [-0.05, 0) is 43.2 Å². The van der Waals surface area contributed by atoms with E-state index in [1.165, 1.54) is 35.3 Å². The number of anilines is 2. The number of nitrogens with one attached hydrogen (secondary N) is 2. The van der Waals surface area contributed by atoms with Gasteiger partial charge in [-0.1, -0.05) is 25.0 Å². The number of para-hydroxylation sites is 1. The van der Waals surface area contributed by atoms with Crippen LogP contribution in [0.15, 0.2) is 52.3 Å². The summed E-state index contributed by atoms with van der Waals surface area (Å²) in [5.74, 6) is -0.285. The molecule has 0 saturated carbocycles. The average molecular weight is 490 g/mol. The maximum atomic E-state index is 13.2. The Labute approximate surface area is 198 Å². The van der Waals surface area contributed by atoms with Crippen molar-refractivity contribution in [3.05, 3.63) is 42.5 Å². The lowest BCUT2D eigenvalue weighted by molar-refractivity contribution is -0.120. The first-order valence-corrected chi connectivity index (χ1v) is 13.2. The van der Waals surface area contributed by atoms with Gasteiger partial charge in [0.05, 0.1) is 28.6 Å². The van der Waals surface area contributed by atoms with Crippen LogP contribution >= 0.6 is 11.8 Å². The molecule has 2 aliphatic heterocycles. The molecular weight excluding hydrogens is 462 g/mol. The van der Waals surface area contributed by atoms with Gasteiger partial charge in [0.1, 0.15) is 5.75 Å². The Hall–Kier alpha value is -2.56. The Bertz CT molecular complexity index is 1140. The van der Waals surface area contributed by atoms with Crippen molar-refractivity contribution < 1.29 is 22.7 Å². The minimum Gasteiger partial charge on any atom is -0.495 e. The number of carbonyl (C=O) groups excluding carboxylic acids is 2. The summed E-state index contributed by atoms with van der Waals surface area (Å²) in [5, 5.41) is 4.98. The second-order valence-electron chi connectivity index (χ2n) is 8.02. The standard InChI is InChI=1S/C23H27N3O5S2/c1-31-19-11-10-16(33(29,30)26-12-6-2-3-7-13-26)14-18(19)24-22(27)15-21-23(28)25-17-8-4-5-9-20(17)32-21/h4-5,8-11,14,21H,2-3,6-7,12-13,15H2,1H3,(H,24,27)(H,25,28). The molecule has 2 aromatic rings. The van der Waals surface area contributed by atoms with Crippen LogP contribution in [-0.2, 0) is 19.6 Å². The van der Waals surface area contributed by atoms with Crippen molar-refractivity contribution in [1.29, 1.82) is 0 Å². The fourth-order valence-corrected chi connectivity index (χ4v) is 6.63. The molecule has 0 aliphatic carbocycles. The molecule has 1 atom stereocenters. The number of benzene rings is 2. The van der Waals surface area contributed by atoms with E-state index in [0.29, 0.717) is 18.8 Å². The molecule has 4 rings (SSSR count). The zero-order valence-electron chi connectivity index (χ0n) is 18.4. The van der Waals surface area contributed by atoms with Crippen molar-refractivity contribution in [3.8, 4) is 5.75 Å². The van der Waals surface area contributed by atoms with Crippen LogP contribution in [0.2, 0.25) is 0 Å². The van der Waals surface area contributed by atoms with Gasteiger partial charge in [0.2, 0.25) is 21.8 Å². The predicted octanol–water partition coefficient (Wildman–Crippen LogP) is 3.70. The van der Waals surface area contributed by atoms with Crippen LogP contribution < -0.4 is 15.4 Å². The SMILES string of the molecule is COc1ccc(S(=O)(=O)N2CCCCCC2)cc1NC(=O)CC1Sc2ccccc2NC1=O. The first-order chi connectivity index (χ1) is 15.9. The summed E-state index contributed by atoms with van der Waals surface area (Å²) in [4.78, 5) is 26.2. The summed E-state index contributed by atoms with van der Waals surface area (Å²) in [7, 11) is -2.23. The van der Waals surface area contributed by atoms with E-state index < -0.39 is 21.2 Å². The average Bonchev–Trinajstić information content (AvgIpc) is 3.10. The van der Waals surface area contributed by atoms with Crippen molar-refractivity contribution in [2.24, 2.45) is 0 Å². The van der Waals surface area contributed by atoms with Crippen molar-refractivity contribution in [2.45, 2.75) is 47.1 Å². The number of hydrogen-bond acceptors (Lipinski definition) is 6.